The van der Waals surface area contributed by atoms with Crippen LogP contribution in [0.15, 0.2) is 48.5 Å². The van der Waals surface area contributed by atoms with E-state index in [2.05, 4.69) is 26.1 Å². The summed E-state index contributed by atoms with van der Waals surface area (Å²) in [5.74, 6) is -0.609. The Morgan fingerprint density at radius 2 is 1.70 bits per heavy atom. The molecule has 1 N–H and O–H groups in total. The minimum atomic E-state index is -0.370. The molecule has 1 amide bonds. The molecule has 0 aliphatic heterocycles. The highest BCUT2D eigenvalue weighted by Crippen LogP contribution is 2.22. The first-order chi connectivity index (χ1) is 9.36. The van der Waals surface area contributed by atoms with Crippen molar-refractivity contribution in [1.82, 2.24) is 0 Å². The fraction of sp³-hybridized carbons (Fsp3) is 0.235. The van der Waals surface area contributed by atoms with Gasteiger partial charge in [-0.1, -0.05) is 39.0 Å². The Hall–Kier alpha value is -2.16. The average molecular weight is 271 g/mol. The molecule has 2 rings (SSSR count). The van der Waals surface area contributed by atoms with Gasteiger partial charge in [0.25, 0.3) is 5.91 Å². The zero-order valence-electron chi connectivity index (χ0n) is 11.9. The summed E-state index contributed by atoms with van der Waals surface area (Å²) in [6, 6.07) is 13.3. The van der Waals surface area contributed by atoms with E-state index in [9.17, 15) is 9.18 Å². The van der Waals surface area contributed by atoms with Crippen molar-refractivity contribution in [3.8, 4) is 0 Å². The fourth-order valence-corrected chi connectivity index (χ4v) is 1.89. The summed E-state index contributed by atoms with van der Waals surface area (Å²) in [6.07, 6.45) is 0. The second kappa shape index (κ2) is 5.45. The minimum Gasteiger partial charge on any atom is -0.322 e. The van der Waals surface area contributed by atoms with E-state index in [1.54, 1.807) is 24.3 Å². The van der Waals surface area contributed by atoms with Crippen LogP contribution in [0.5, 0.6) is 0 Å². The van der Waals surface area contributed by atoms with Gasteiger partial charge in [0.2, 0.25) is 0 Å². The van der Waals surface area contributed by atoms with Crippen LogP contribution in [0, 0.1) is 5.82 Å². The highest BCUT2D eigenvalue weighted by Gasteiger charge is 2.14. The average Bonchev–Trinajstić information content (AvgIpc) is 2.38. The summed E-state index contributed by atoms with van der Waals surface area (Å²) in [5.41, 5.74) is 2.23. The maximum Gasteiger partial charge on any atom is 0.255 e. The zero-order valence-corrected chi connectivity index (χ0v) is 11.9. The van der Waals surface area contributed by atoms with E-state index in [-0.39, 0.29) is 17.1 Å². The van der Waals surface area contributed by atoms with E-state index in [4.69, 9.17) is 0 Å². The molecular formula is C17H18FNO. The van der Waals surface area contributed by atoms with Gasteiger partial charge in [0.15, 0.2) is 0 Å². The molecule has 0 heterocycles. The van der Waals surface area contributed by atoms with Gasteiger partial charge >= 0.3 is 0 Å². The predicted octanol–water partition coefficient (Wildman–Crippen LogP) is 4.38. The number of carbonyl (C=O) groups is 1. The van der Waals surface area contributed by atoms with Crippen molar-refractivity contribution in [1.29, 1.82) is 0 Å². The maximum atomic E-state index is 13.1. The van der Waals surface area contributed by atoms with Crippen LogP contribution in [-0.2, 0) is 5.41 Å². The SMILES string of the molecule is CC(C)(C)c1ccc(C(=O)Nc2cccc(F)c2)cc1. The van der Waals surface area contributed by atoms with Gasteiger partial charge in [0.05, 0.1) is 0 Å². The number of carbonyl (C=O) groups excluding carboxylic acids is 1. The summed E-state index contributed by atoms with van der Waals surface area (Å²) in [7, 11) is 0. The number of amides is 1. The van der Waals surface area contributed by atoms with Gasteiger partial charge in [0, 0.05) is 11.3 Å². The first-order valence-corrected chi connectivity index (χ1v) is 6.54. The van der Waals surface area contributed by atoms with Crippen LogP contribution in [0.3, 0.4) is 0 Å². The van der Waals surface area contributed by atoms with E-state index >= 15 is 0 Å². The van der Waals surface area contributed by atoms with Gasteiger partial charge < -0.3 is 5.32 Å². The van der Waals surface area contributed by atoms with E-state index in [1.165, 1.54) is 17.7 Å². The van der Waals surface area contributed by atoms with E-state index in [1.807, 2.05) is 12.1 Å². The second-order valence-electron chi connectivity index (χ2n) is 5.79. The highest BCUT2D eigenvalue weighted by atomic mass is 19.1. The van der Waals surface area contributed by atoms with Gasteiger partial charge in [-0.3, -0.25) is 4.79 Å². The Kier molecular flexibility index (Phi) is 3.89. The largest absolute Gasteiger partial charge is 0.322 e. The molecule has 0 radical (unpaired) electrons. The molecule has 104 valence electrons. The third-order valence-electron chi connectivity index (χ3n) is 3.10. The van der Waals surface area contributed by atoms with Crippen LogP contribution in [-0.4, -0.2) is 5.91 Å². The summed E-state index contributed by atoms with van der Waals surface area (Å²) in [6.45, 7) is 6.36. The van der Waals surface area contributed by atoms with Gasteiger partial charge in [-0.15, -0.1) is 0 Å². The second-order valence-corrected chi connectivity index (χ2v) is 5.79. The number of rotatable bonds is 2. The number of hydrogen-bond acceptors (Lipinski definition) is 1. The van der Waals surface area contributed by atoms with E-state index in [0.717, 1.165) is 0 Å². The highest BCUT2D eigenvalue weighted by molar-refractivity contribution is 6.04. The molecule has 0 spiro atoms. The predicted molar refractivity (Wildman–Crippen MR) is 79.5 cm³/mol. The molecule has 2 aromatic rings. The molecule has 0 aliphatic carbocycles. The van der Waals surface area contributed by atoms with Gasteiger partial charge in [-0.2, -0.15) is 0 Å². The molecule has 3 heteroatoms. The van der Waals surface area contributed by atoms with Crippen molar-refractivity contribution in [3.05, 3.63) is 65.5 Å². The van der Waals surface area contributed by atoms with E-state index < -0.39 is 0 Å². The van der Waals surface area contributed by atoms with E-state index in [0.29, 0.717) is 11.3 Å². The summed E-state index contributed by atoms with van der Waals surface area (Å²) < 4.78 is 13.1. The molecular weight excluding hydrogens is 253 g/mol. The Morgan fingerprint density at radius 1 is 1.05 bits per heavy atom. The van der Waals surface area contributed by atoms with Crippen LogP contribution in [0.1, 0.15) is 36.7 Å². The van der Waals surface area contributed by atoms with Crippen molar-refractivity contribution in [3.63, 3.8) is 0 Å². The van der Waals surface area contributed by atoms with Crippen LogP contribution >= 0.6 is 0 Å². The first kappa shape index (κ1) is 14.3. The Bertz CT molecular complexity index is 612. The molecule has 0 bridgehead atoms. The standard InChI is InChI=1S/C17H18FNO/c1-17(2,3)13-9-7-12(8-10-13)16(20)19-15-6-4-5-14(18)11-15/h4-11H,1-3H3,(H,19,20). The number of anilines is 1. The minimum absolute atomic E-state index is 0.0531. The normalized spacial score (nSPS) is 11.2. The number of hydrogen-bond donors (Lipinski definition) is 1. The number of nitrogens with one attached hydrogen (secondary N) is 1. The lowest BCUT2D eigenvalue weighted by Crippen LogP contribution is -2.14. The van der Waals surface area contributed by atoms with Gasteiger partial charge in [0.1, 0.15) is 5.82 Å². The molecule has 2 nitrogen and oxygen atoms in total. The summed E-state index contributed by atoms with van der Waals surface area (Å²) in [5, 5.41) is 2.68. The lowest BCUT2D eigenvalue weighted by atomic mass is 9.87. The molecule has 0 aliphatic rings. The first-order valence-electron chi connectivity index (χ1n) is 6.54. The molecule has 0 saturated carbocycles. The molecule has 0 atom stereocenters. The van der Waals surface area contributed by atoms with Gasteiger partial charge in [-0.25, -0.2) is 4.39 Å². The Morgan fingerprint density at radius 3 is 2.25 bits per heavy atom. The van der Waals surface area contributed by atoms with Crippen molar-refractivity contribution in [2.24, 2.45) is 0 Å². The van der Waals surface area contributed by atoms with Crippen molar-refractivity contribution < 1.29 is 9.18 Å². The Labute approximate surface area is 118 Å². The summed E-state index contributed by atoms with van der Waals surface area (Å²) in [4.78, 5) is 12.1. The molecule has 0 aromatic heterocycles. The zero-order chi connectivity index (χ0) is 14.8. The lowest BCUT2D eigenvalue weighted by molar-refractivity contribution is 0.102. The van der Waals surface area contributed by atoms with Crippen molar-refractivity contribution in [2.75, 3.05) is 5.32 Å². The van der Waals surface area contributed by atoms with Crippen LogP contribution in [0.4, 0.5) is 10.1 Å². The Balaban J connectivity index is 2.14. The maximum absolute atomic E-state index is 13.1. The monoisotopic (exact) mass is 271 g/mol. The van der Waals surface area contributed by atoms with Crippen molar-refractivity contribution >= 4 is 11.6 Å². The third-order valence-corrected chi connectivity index (χ3v) is 3.10. The molecule has 0 fully saturated rings. The van der Waals surface area contributed by atoms with Crippen LogP contribution in [0.2, 0.25) is 0 Å². The summed E-state index contributed by atoms with van der Waals surface area (Å²) >= 11 is 0. The third kappa shape index (κ3) is 3.44. The van der Waals surface area contributed by atoms with Crippen LogP contribution < -0.4 is 5.32 Å². The topological polar surface area (TPSA) is 29.1 Å². The number of benzene rings is 2. The lowest BCUT2D eigenvalue weighted by Gasteiger charge is -2.19. The molecule has 0 saturated heterocycles. The van der Waals surface area contributed by atoms with Gasteiger partial charge in [-0.05, 0) is 41.3 Å². The van der Waals surface area contributed by atoms with Crippen molar-refractivity contribution in [2.45, 2.75) is 26.2 Å². The molecule has 0 unspecified atom stereocenters. The quantitative estimate of drug-likeness (QED) is 0.863. The van der Waals surface area contributed by atoms with Crippen LogP contribution in [0.25, 0.3) is 0 Å². The molecule has 20 heavy (non-hydrogen) atoms. The smallest absolute Gasteiger partial charge is 0.255 e. The molecule has 2 aromatic carbocycles. The number of halogens is 1. The fourth-order valence-electron chi connectivity index (χ4n) is 1.89.